The SMILES string of the molecule is COC(=O)C1(C(=O)OC)CCC(C)(O)C1. The fourth-order valence-corrected chi connectivity index (χ4v) is 2.13. The van der Waals surface area contributed by atoms with E-state index in [0.29, 0.717) is 6.42 Å². The van der Waals surface area contributed by atoms with E-state index in [2.05, 4.69) is 9.47 Å². The molecule has 0 heterocycles. The number of ether oxygens (including phenoxy) is 2. The van der Waals surface area contributed by atoms with Gasteiger partial charge in [0, 0.05) is 6.42 Å². The van der Waals surface area contributed by atoms with E-state index in [1.807, 2.05) is 0 Å². The van der Waals surface area contributed by atoms with E-state index in [1.165, 1.54) is 14.2 Å². The molecule has 0 aromatic heterocycles. The lowest BCUT2D eigenvalue weighted by Crippen LogP contribution is -2.40. The van der Waals surface area contributed by atoms with Gasteiger partial charge < -0.3 is 14.6 Å². The number of esters is 2. The van der Waals surface area contributed by atoms with Crippen LogP contribution in [0.2, 0.25) is 0 Å². The molecule has 0 saturated heterocycles. The van der Waals surface area contributed by atoms with Crippen LogP contribution >= 0.6 is 0 Å². The fraction of sp³-hybridized carbons (Fsp3) is 0.800. The van der Waals surface area contributed by atoms with Gasteiger partial charge in [-0.05, 0) is 19.8 Å². The molecule has 0 aromatic rings. The normalized spacial score (nSPS) is 28.5. The summed E-state index contributed by atoms with van der Waals surface area (Å²) in [5.41, 5.74) is -2.34. The largest absolute Gasteiger partial charge is 0.468 e. The molecule has 1 N–H and O–H groups in total. The molecule has 5 heteroatoms. The highest BCUT2D eigenvalue weighted by molar-refractivity contribution is 6.00. The van der Waals surface area contributed by atoms with Crippen molar-refractivity contribution < 1.29 is 24.2 Å². The number of carbonyl (C=O) groups excluding carboxylic acids is 2. The second kappa shape index (κ2) is 3.81. The van der Waals surface area contributed by atoms with Crippen LogP contribution < -0.4 is 0 Å². The van der Waals surface area contributed by atoms with Gasteiger partial charge in [-0.25, -0.2) is 0 Å². The number of rotatable bonds is 2. The molecular formula is C10H16O5. The van der Waals surface area contributed by atoms with E-state index in [-0.39, 0.29) is 12.8 Å². The molecule has 0 radical (unpaired) electrons. The van der Waals surface area contributed by atoms with Gasteiger partial charge in [-0.15, -0.1) is 0 Å². The monoisotopic (exact) mass is 216 g/mol. The van der Waals surface area contributed by atoms with Crippen molar-refractivity contribution in [2.75, 3.05) is 14.2 Å². The van der Waals surface area contributed by atoms with Gasteiger partial charge in [-0.2, -0.15) is 0 Å². The zero-order valence-electron chi connectivity index (χ0n) is 9.20. The Labute approximate surface area is 88.4 Å². The van der Waals surface area contributed by atoms with Crippen molar-refractivity contribution in [1.82, 2.24) is 0 Å². The summed E-state index contributed by atoms with van der Waals surface area (Å²) < 4.78 is 9.21. The summed E-state index contributed by atoms with van der Waals surface area (Å²) in [6.07, 6.45) is 0.704. The quantitative estimate of drug-likeness (QED) is 0.529. The van der Waals surface area contributed by atoms with Crippen LogP contribution in [0.3, 0.4) is 0 Å². The minimum Gasteiger partial charge on any atom is -0.468 e. The Morgan fingerprint density at radius 3 is 1.87 bits per heavy atom. The van der Waals surface area contributed by atoms with Crippen LogP contribution in [0, 0.1) is 5.41 Å². The first kappa shape index (κ1) is 12.0. The lowest BCUT2D eigenvalue weighted by atomic mass is 9.84. The van der Waals surface area contributed by atoms with Crippen LogP contribution in [0.15, 0.2) is 0 Å². The summed E-state index contributed by atoms with van der Waals surface area (Å²) in [6.45, 7) is 1.60. The molecule has 0 aliphatic heterocycles. The van der Waals surface area contributed by atoms with Gasteiger partial charge in [0.05, 0.1) is 19.8 Å². The molecule has 0 bridgehead atoms. The third-order valence-corrected chi connectivity index (χ3v) is 2.93. The van der Waals surface area contributed by atoms with Gasteiger partial charge in [0.1, 0.15) is 0 Å². The van der Waals surface area contributed by atoms with Crippen molar-refractivity contribution >= 4 is 11.9 Å². The molecule has 1 saturated carbocycles. The van der Waals surface area contributed by atoms with Gasteiger partial charge in [-0.3, -0.25) is 9.59 Å². The third-order valence-electron chi connectivity index (χ3n) is 2.93. The lowest BCUT2D eigenvalue weighted by molar-refractivity contribution is -0.170. The van der Waals surface area contributed by atoms with Crippen LogP contribution in [0.5, 0.6) is 0 Å². The first-order valence-electron chi connectivity index (χ1n) is 4.77. The fourth-order valence-electron chi connectivity index (χ4n) is 2.13. The highest BCUT2D eigenvalue weighted by Crippen LogP contribution is 2.45. The Morgan fingerprint density at radius 2 is 1.60 bits per heavy atom. The number of hydrogen-bond donors (Lipinski definition) is 1. The summed E-state index contributed by atoms with van der Waals surface area (Å²) >= 11 is 0. The van der Waals surface area contributed by atoms with Crippen molar-refractivity contribution in [3.05, 3.63) is 0 Å². The molecule has 86 valence electrons. The zero-order valence-corrected chi connectivity index (χ0v) is 9.20. The van der Waals surface area contributed by atoms with E-state index in [1.54, 1.807) is 6.92 Å². The standard InChI is InChI=1S/C10H16O5/c1-9(13)4-5-10(6-9,7(11)14-2)8(12)15-3/h13H,4-6H2,1-3H3. The molecule has 1 unspecified atom stereocenters. The first-order chi connectivity index (χ1) is 6.88. The maximum Gasteiger partial charge on any atom is 0.323 e. The number of aliphatic hydroxyl groups is 1. The molecule has 0 amide bonds. The summed E-state index contributed by atoms with van der Waals surface area (Å²) in [5, 5.41) is 9.80. The molecule has 1 atom stereocenters. The molecule has 1 aliphatic rings. The van der Waals surface area contributed by atoms with Gasteiger partial charge >= 0.3 is 11.9 Å². The average molecular weight is 216 g/mol. The lowest BCUT2D eigenvalue weighted by Gasteiger charge is -2.24. The van der Waals surface area contributed by atoms with E-state index < -0.39 is 23.0 Å². The predicted octanol–water partition coefficient (Wildman–Crippen LogP) is 0.254. The van der Waals surface area contributed by atoms with Crippen molar-refractivity contribution in [3.63, 3.8) is 0 Å². The minimum atomic E-state index is -1.33. The van der Waals surface area contributed by atoms with E-state index in [4.69, 9.17) is 0 Å². The first-order valence-corrected chi connectivity index (χ1v) is 4.77. The third kappa shape index (κ3) is 1.97. The van der Waals surface area contributed by atoms with Crippen LogP contribution in [0.4, 0.5) is 0 Å². The summed E-state index contributed by atoms with van der Waals surface area (Å²) in [4.78, 5) is 23.2. The molecule has 1 fully saturated rings. The predicted molar refractivity (Wildman–Crippen MR) is 50.9 cm³/mol. The molecule has 5 nitrogen and oxygen atoms in total. The van der Waals surface area contributed by atoms with E-state index in [0.717, 1.165) is 0 Å². The molecule has 15 heavy (non-hydrogen) atoms. The number of methoxy groups -OCH3 is 2. The molecule has 0 spiro atoms. The number of hydrogen-bond acceptors (Lipinski definition) is 5. The van der Waals surface area contributed by atoms with Crippen molar-refractivity contribution in [2.45, 2.75) is 31.8 Å². The Balaban J connectivity index is 3.00. The zero-order chi connectivity index (χ0) is 11.7. The summed E-state index contributed by atoms with van der Waals surface area (Å²) in [6, 6.07) is 0. The van der Waals surface area contributed by atoms with Crippen molar-refractivity contribution in [3.8, 4) is 0 Å². The van der Waals surface area contributed by atoms with Crippen LogP contribution in [-0.4, -0.2) is 36.9 Å². The van der Waals surface area contributed by atoms with Gasteiger partial charge in [0.15, 0.2) is 5.41 Å². The summed E-state index contributed by atoms with van der Waals surface area (Å²) in [7, 11) is 2.44. The smallest absolute Gasteiger partial charge is 0.323 e. The van der Waals surface area contributed by atoms with Gasteiger partial charge in [0.2, 0.25) is 0 Å². The van der Waals surface area contributed by atoms with Crippen LogP contribution in [-0.2, 0) is 19.1 Å². The Kier molecular flexibility index (Phi) is 3.04. The van der Waals surface area contributed by atoms with Crippen LogP contribution in [0.25, 0.3) is 0 Å². The Hall–Kier alpha value is -1.10. The van der Waals surface area contributed by atoms with Crippen molar-refractivity contribution in [2.24, 2.45) is 5.41 Å². The maximum absolute atomic E-state index is 11.6. The highest BCUT2D eigenvalue weighted by Gasteiger charge is 2.56. The summed E-state index contributed by atoms with van der Waals surface area (Å²) in [5.74, 6) is -1.26. The average Bonchev–Trinajstić information content (AvgIpc) is 2.53. The topological polar surface area (TPSA) is 72.8 Å². The van der Waals surface area contributed by atoms with E-state index >= 15 is 0 Å². The molecular weight excluding hydrogens is 200 g/mol. The second-order valence-electron chi connectivity index (χ2n) is 4.24. The Morgan fingerprint density at radius 1 is 1.13 bits per heavy atom. The Bertz CT molecular complexity index is 266. The second-order valence-corrected chi connectivity index (χ2v) is 4.24. The number of carbonyl (C=O) groups is 2. The van der Waals surface area contributed by atoms with Gasteiger partial charge in [0.25, 0.3) is 0 Å². The van der Waals surface area contributed by atoms with Gasteiger partial charge in [-0.1, -0.05) is 0 Å². The highest BCUT2D eigenvalue weighted by atomic mass is 16.5. The minimum absolute atomic E-state index is 0.0549. The molecule has 0 aromatic carbocycles. The maximum atomic E-state index is 11.6. The van der Waals surface area contributed by atoms with Crippen molar-refractivity contribution in [1.29, 1.82) is 0 Å². The van der Waals surface area contributed by atoms with E-state index in [9.17, 15) is 14.7 Å². The molecule has 1 rings (SSSR count). The molecule has 1 aliphatic carbocycles. The van der Waals surface area contributed by atoms with Crippen LogP contribution in [0.1, 0.15) is 26.2 Å².